The zero-order chi connectivity index (χ0) is 56.4. The number of carbonyl (C=O) groups is 10. The van der Waals surface area contributed by atoms with Crippen LogP contribution in [0.4, 0.5) is 0 Å². The van der Waals surface area contributed by atoms with Crippen molar-refractivity contribution in [3.05, 3.63) is 0 Å². The average molecular weight is 1060 g/mol. The van der Waals surface area contributed by atoms with Gasteiger partial charge in [0.05, 0.1) is 6.10 Å². The third-order valence-corrected chi connectivity index (χ3v) is 12.9. The van der Waals surface area contributed by atoms with Gasteiger partial charge in [0.25, 0.3) is 5.91 Å². The molecule has 1 aliphatic carbocycles. The minimum Gasteiger partial charge on any atom is -0.391 e. The first-order valence-corrected chi connectivity index (χ1v) is 26.2. The summed E-state index contributed by atoms with van der Waals surface area (Å²) in [7, 11) is 0. The molecule has 10 amide bonds. The van der Waals surface area contributed by atoms with Gasteiger partial charge in [0.1, 0.15) is 48.3 Å². The van der Waals surface area contributed by atoms with Crippen LogP contribution in [0.1, 0.15) is 118 Å². The van der Waals surface area contributed by atoms with E-state index in [4.69, 9.17) is 35.1 Å². The molecule has 0 aromatic rings. The van der Waals surface area contributed by atoms with Crippen molar-refractivity contribution in [1.82, 2.24) is 53.2 Å². The summed E-state index contributed by atoms with van der Waals surface area (Å²) in [5, 5.41) is 36.2. The third-order valence-electron chi connectivity index (χ3n) is 12.9. The first-order chi connectivity index (χ1) is 35.5. The van der Waals surface area contributed by atoms with Gasteiger partial charge in [-0.3, -0.25) is 47.9 Å². The van der Waals surface area contributed by atoms with E-state index in [0.717, 1.165) is 32.1 Å². The molecule has 1 heterocycles. The van der Waals surface area contributed by atoms with Crippen LogP contribution in [0, 0.1) is 30.1 Å². The number of rotatable bonds is 21. The van der Waals surface area contributed by atoms with Gasteiger partial charge >= 0.3 is 0 Å². The first kappa shape index (κ1) is 65.1. The molecule has 21 N–H and O–H groups in total. The van der Waals surface area contributed by atoms with Crippen LogP contribution >= 0.6 is 0 Å². The predicted octanol–water partition coefficient (Wildman–Crippen LogP) is -5.33. The summed E-state index contributed by atoms with van der Waals surface area (Å²) in [6.45, 7) is 7.48. The van der Waals surface area contributed by atoms with Gasteiger partial charge in [-0.25, -0.2) is 0 Å². The lowest BCUT2D eigenvalue weighted by Crippen LogP contribution is -2.61. The van der Waals surface area contributed by atoms with Gasteiger partial charge in [0.15, 0.2) is 6.04 Å². The number of nitrogens with two attached hydrogens (primary N) is 5. The molecule has 0 spiro atoms. The second-order valence-corrected chi connectivity index (χ2v) is 20.2. The molecule has 2 fully saturated rings. The van der Waals surface area contributed by atoms with Gasteiger partial charge in [-0.15, -0.1) is 6.42 Å². The number of aliphatic hydroxyl groups excluding tert-OH is 1. The second kappa shape index (κ2) is 33.8. The van der Waals surface area contributed by atoms with Crippen molar-refractivity contribution in [2.24, 2.45) is 46.4 Å². The summed E-state index contributed by atoms with van der Waals surface area (Å²) in [5.74, 6) is -6.56. The van der Waals surface area contributed by atoms with E-state index < -0.39 is 139 Å². The molecule has 2 aliphatic rings. The Morgan fingerprint density at radius 3 is 1.51 bits per heavy atom. The highest BCUT2D eigenvalue weighted by molar-refractivity contribution is 5.99. The van der Waals surface area contributed by atoms with E-state index in [-0.39, 0.29) is 88.9 Å². The number of amides is 10. The lowest BCUT2D eigenvalue weighted by atomic mass is 9.83. The predicted molar refractivity (Wildman–Crippen MR) is 278 cm³/mol. The molecule has 26 heteroatoms. The molecule has 424 valence electrons. The molecule has 1 aliphatic heterocycles. The Labute approximate surface area is 440 Å². The maximum atomic E-state index is 14.3. The zero-order valence-corrected chi connectivity index (χ0v) is 44.3. The van der Waals surface area contributed by atoms with Gasteiger partial charge in [0, 0.05) is 19.0 Å². The SMILES string of the molecule is C#C[C@H](NC(=O)CC(N)C1CCCCC1)C(=O)N[C@@H](CCN)C(=O)N[C@H]1CCNC(=O)[C@H](C(C)O)NC(=O)[C@H](CCN)NC(=O)[C@H](CCN)NC(=O)[C@H](CC(C)C)NC(=O)[C@@H](CC(C)C)NC(=O)[C@H](CCN)NC1=O. The lowest BCUT2D eigenvalue weighted by molar-refractivity contribution is -0.136. The molecule has 0 bridgehead atoms. The number of nitrogens with one attached hydrogen (secondary N) is 10. The summed E-state index contributed by atoms with van der Waals surface area (Å²) >= 11 is 0. The largest absolute Gasteiger partial charge is 0.391 e. The number of terminal acetylenes is 1. The number of hydrogen-bond acceptors (Lipinski definition) is 16. The summed E-state index contributed by atoms with van der Waals surface area (Å²) < 4.78 is 0. The van der Waals surface area contributed by atoms with E-state index in [0.29, 0.717) is 0 Å². The maximum absolute atomic E-state index is 14.3. The van der Waals surface area contributed by atoms with Crippen molar-refractivity contribution in [3.63, 3.8) is 0 Å². The number of carbonyl (C=O) groups excluding carboxylic acids is 10. The van der Waals surface area contributed by atoms with Crippen LogP contribution in [0.15, 0.2) is 0 Å². The fraction of sp³-hybridized carbons (Fsp3) is 0.755. The molecule has 26 nitrogen and oxygen atoms in total. The molecule has 1 saturated heterocycles. The topological polar surface area (TPSA) is 441 Å². The van der Waals surface area contributed by atoms with Gasteiger partial charge in [0.2, 0.25) is 53.2 Å². The van der Waals surface area contributed by atoms with Crippen LogP contribution < -0.4 is 81.8 Å². The molecule has 75 heavy (non-hydrogen) atoms. The Kier molecular flexibility index (Phi) is 29.4. The fourth-order valence-corrected chi connectivity index (χ4v) is 8.76. The molecule has 2 rings (SSSR count). The van der Waals surface area contributed by atoms with Crippen LogP contribution in [0.25, 0.3) is 0 Å². The van der Waals surface area contributed by atoms with E-state index in [1.165, 1.54) is 6.92 Å². The van der Waals surface area contributed by atoms with Gasteiger partial charge < -0.3 is 86.9 Å². The smallest absolute Gasteiger partial charge is 0.255 e. The summed E-state index contributed by atoms with van der Waals surface area (Å²) in [6, 6.07) is -13.3. The van der Waals surface area contributed by atoms with Crippen LogP contribution in [-0.2, 0) is 47.9 Å². The Morgan fingerprint density at radius 1 is 0.613 bits per heavy atom. The highest BCUT2D eigenvalue weighted by Gasteiger charge is 2.37. The molecule has 1 saturated carbocycles. The summed E-state index contributed by atoms with van der Waals surface area (Å²) in [4.78, 5) is 138. The molecule has 0 radical (unpaired) electrons. The summed E-state index contributed by atoms with van der Waals surface area (Å²) in [5.41, 5.74) is 29.7. The van der Waals surface area contributed by atoms with Gasteiger partial charge in [-0.05, 0) is 109 Å². The quantitative estimate of drug-likeness (QED) is 0.0478. The van der Waals surface area contributed by atoms with E-state index in [9.17, 15) is 53.1 Å². The normalized spacial score (nSPS) is 25.1. The molecule has 11 atom stereocenters. The Morgan fingerprint density at radius 2 is 1.07 bits per heavy atom. The number of aliphatic hydroxyl groups is 1. The van der Waals surface area contributed by atoms with Gasteiger partial charge in [-0.1, -0.05) is 52.9 Å². The van der Waals surface area contributed by atoms with Crippen molar-refractivity contribution in [3.8, 4) is 12.3 Å². The molecular weight excluding hydrogens is 975 g/mol. The minimum absolute atomic E-state index is 0.0674. The van der Waals surface area contributed by atoms with E-state index >= 15 is 0 Å². The monoisotopic (exact) mass is 1060 g/mol. The van der Waals surface area contributed by atoms with Crippen LogP contribution in [0.2, 0.25) is 0 Å². The average Bonchev–Trinajstić information content (AvgIpc) is 3.35. The molecule has 2 unspecified atom stereocenters. The van der Waals surface area contributed by atoms with Crippen molar-refractivity contribution in [1.29, 1.82) is 0 Å². The van der Waals surface area contributed by atoms with Crippen LogP contribution in [0.5, 0.6) is 0 Å². The van der Waals surface area contributed by atoms with Crippen molar-refractivity contribution in [2.45, 2.75) is 185 Å². The maximum Gasteiger partial charge on any atom is 0.255 e. The molecule has 0 aromatic heterocycles. The van der Waals surface area contributed by atoms with E-state index in [2.05, 4.69) is 59.1 Å². The molecular formula is C49H87N15O11. The molecule has 0 aromatic carbocycles. The van der Waals surface area contributed by atoms with Crippen LogP contribution in [0.3, 0.4) is 0 Å². The highest BCUT2D eigenvalue weighted by atomic mass is 16.3. The fourth-order valence-electron chi connectivity index (χ4n) is 8.76. The lowest BCUT2D eigenvalue weighted by Gasteiger charge is -2.29. The Bertz CT molecular complexity index is 1960. The Balaban J connectivity index is 2.61. The first-order valence-electron chi connectivity index (χ1n) is 26.2. The van der Waals surface area contributed by atoms with Crippen molar-refractivity contribution >= 4 is 59.1 Å². The van der Waals surface area contributed by atoms with E-state index in [1.54, 1.807) is 27.7 Å². The van der Waals surface area contributed by atoms with Crippen LogP contribution in [-0.4, -0.2) is 163 Å². The number of hydrogen-bond donors (Lipinski definition) is 16. The van der Waals surface area contributed by atoms with E-state index in [1.807, 2.05) is 0 Å². The standard InChI is InChI=1S/C49H87N15O11/c1-7-31(56-39(66)25-30(54)29-11-9-8-10-12-29)41(67)57-32(13-18-50)43(69)61-36-17-22-55-49(75)40(28(6)65)64-46(72)35(16-21-53)59-42(68)33(14-19-51)60-47(73)37(23-26(2)3)63-48(74)38(24-27(4)5)62-44(70)34(15-20-52)58-45(36)71/h1,26-38,40,65H,8-25,50-54H2,2-6H3,(H,55,75)(H,56,66)(H,57,67)(H,58,71)(H,59,68)(H,60,73)(H,61,69)(H,62,70)(H,63,74)(H,64,72)/t28?,30?,31-,32-,33-,34-,35-,36-,37-,38+,40-/m0/s1. The Hall–Kier alpha value is -5.98. The minimum atomic E-state index is -1.65. The van der Waals surface area contributed by atoms with Gasteiger partial charge in [-0.2, -0.15) is 0 Å². The second-order valence-electron chi connectivity index (χ2n) is 20.2. The van der Waals surface area contributed by atoms with Crippen molar-refractivity contribution < 1.29 is 53.1 Å². The zero-order valence-electron chi connectivity index (χ0n) is 44.3. The summed E-state index contributed by atoms with van der Waals surface area (Å²) in [6.07, 6.45) is 8.03. The van der Waals surface area contributed by atoms with Crippen molar-refractivity contribution in [2.75, 3.05) is 32.7 Å². The third kappa shape index (κ3) is 22.8. The highest BCUT2D eigenvalue weighted by Crippen LogP contribution is 2.26.